The predicted molar refractivity (Wildman–Crippen MR) is 150 cm³/mol. The van der Waals surface area contributed by atoms with Crippen LogP contribution in [0.2, 0.25) is 25.7 Å². The number of rotatable bonds is 8. The molecule has 0 radical (unpaired) electrons. The first-order chi connectivity index (χ1) is 18.9. The van der Waals surface area contributed by atoms with E-state index in [1.54, 1.807) is 33.9 Å². The first-order valence-electron chi connectivity index (χ1n) is 13.7. The first-order valence-corrected chi connectivity index (χ1v) is 17.4. The van der Waals surface area contributed by atoms with Crippen molar-refractivity contribution in [3.8, 4) is 11.4 Å². The van der Waals surface area contributed by atoms with E-state index in [0.29, 0.717) is 63.1 Å². The minimum atomic E-state index is -1.27. The van der Waals surface area contributed by atoms with Crippen molar-refractivity contribution in [2.24, 2.45) is 0 Å². The van der Waals surface area contributed by atoms with E-state index in [4.69, 9.17) is 24.2 Å². The van der Waals surface area contributed by atoms with Crippen molar-refractivity contribution < 1.29 is 14.2 Å². The monoisotopic (exact) mass is 552 g/mol. The highest BCUT2D eigenvalue weighted by Gasteiger charge is 2.29. The molecule has 0 aromatic carbocycles. The van der Waals surface area contributed by atoms with Gasteiger partial charge in [-0.15, -0.1) is 0 Å². The number of morpholine rings is 1. The molecule has 2 aliphatic rings. The first kappa shape index (κ1) is 26.1. The Bertz CT molecular complexity index is 1510. The number of aromatic nitrogens is 7. The molecule has 0 spiro atoms. The van der Waals surface area contributed by atoms with E-state index in [9.17, 15) is 4.79 Å². The van der Waals surface area contributed by atoms with E-state index in [-0.39, 0.29) is 18.5 Å². The number of nitrogens with zero attached hydrogens (tertiary/aromatic N) is 8. The fourth-order valence-corrected chi connectivity index (χ4v) is 5.96. The lowest BCUT2D eigenvalue weighted by Gasteiger charge is -2.29. The molecular weight excluding hydrogens is 516 g/mol. The number of ether oxygens (including phenoxy) is 3. The highest BCUT2D eigenvalue weighted by atomic mass is 28.3. The normalized spacial score (nSPS) is 17.5. The number of imidazole rings is 1. The molecule has 2 aliphatic heterocycles. The molecule has 0 saturated carbocycles. The predicted octanol–water partition coefficient (Wildman–Crippen LogP) is 2.80. The molecule has 12 nitrogen and oxygen atoms in total. The Balaban J connectivity index is 1.54. The van der Waals surface area contributed by atoms with E-state index in [1.807, 2.05) is 4.57 Å². The van der Waals surface area contributed by atoms with Crippen LogP contribution < -0.4 is 10.6 Å². The van der Waals surface area contributed by atoms with Crippen LogP contribution in [0.25, 0.3) is 28.1 Å². The smallest absolute Gasteiger partial charge is 0.332 e. The minimum absolute atomic E-state index is 0.0113. The van der Waals surface area contributed by atoms with Crippen molar-refractivity contribution in [3.05, 3.63) is 35.3 Å². The average molecular weight is 553 g/mol. The van der Waals surface area contributed by atoms with Gasteiger partial charge in [0.15, 0.2) is 17.3 Å². The third-order valence-corrected chi connectivity index (χ3v) is 9.14. The molecule has 0 unspecified atom stereocenters. The molecule has 4 aromatic heterocycles. The Labute approximate surface area is 227 Å². The quantitative estimate of drug-likeness (QED) is 0.240. The van der Waals surface area contributed by atoms with E-state index >= 15 is 0 Å². The van der Waals surface area contributed by atoms with Gasteiger partial charge in [0.2, 0.25) is 0 Å². The van der Waals surface area contributed by atoms with Crippen LogP contribution in [0.4, 0.5) is 5.82 Å². The van der Waals surface area contributed by atoms with Crippen LogP contribution in [0.1, 0.15) is 18.9 Å². The Kier molecular flexibility index (Phi) is 7.23. The summed E-state index contributed by atoms with van der Waals surface area (Å²) in [7, 11) is -1.27. The van der Waals surface area contributed by atoms with Gasteiger partial charge < -0.3 is 19.1 Å². The van der Waals surface area contributed by atoms with Gasteiger partial charge in [-0.2, -0.15) is 5.10 Å². The fourth-order valence-electron chi connectivity index (χ4n) is 5.21. The third kappa shape index (κ3) is 5.23. The zero-order valence-electron chi connectivity index (χ0n) is 22.9. The van der Waals surface area contributed by atoms with E-state index in [1.165, 1.54) is 0 Å². The highest BCUT2D eigenvalue weighted by Crippen LogP contribution is 2.32. The van der Waals surface area contributed by atoms with Crippen molar-refractivity contribution in [1.82, 2.24) is 33.7 Å². The molecule has 2 fully saturated rings. The summed E-state index contributed by atoms with van der Waals surface area (Å²) in [5.74, 6) is 1.24. The van der Waals surface area contributed by atoms with Gasteiger partial charge in [0, 0.05) is 59.4 Å². The lowest BCUT2D eigenvalue weighted by atomic mass is 10.1. The van der Waals surface area contributed by atoms with Crippen LogP contribution in [0.5, 0.6) is 0 Å². The van der Waals surface area contributed by atoms with Gasteiger partial charge in [-0.3, -0.25) is 14.1 Å². The molecule has 208 valence electrons. The zero-order chi connectivity index (χ0) is 27.0. The van der Waals surface area contributed by atoms with Gasteiger partial charge in [-0.1, -0.05) is 19.6 Å². The SMILES string of the molecule is C[Si](C)(C)CCOCn1c(=O)n(C2CCOCC2)c2nc(-c3cnn4ccncc34)nc(N3CCOCC3)c21. The van der Waals surface area contributed by atoms with Gasteiger partial charge in [0.25, 0.3) is 0 Å². The summed E-state index contributed by atoms with van der Waals surface area (Å²) < 4.78 is 22.7. The highest BCUT2D eigenvalue weighted by molar-refractivity contribution is 6.76. The van der Waals surface area contributed by atoms with E-state index in [0.717, 1.165) is 35.8 Å². The number of hydrogen-bond acceptors (Lipinski definition) is 9. The molecule has 39 heavy (non-hydrogen) atoms. The van der Waals surface area contributed by atoms with Crippen LogP contribution in [0.3, 0.4) is 0 Å². The molecule has 4 aromatic rings. The van der Waals surface area contributed by atoms with Gasteiger partial charge in [0.05, 0.1) is 36.7 Å². The Morgan fingerprint density at radius 1 is 1.05 bits per heavy atom. The summed E-state index contributed by atoms with van der Waals surface area (Å²) in [4.78, 5) is 30.7. The summed E-state index contributed by atoms with van der Waals surface area (Å²) in [6, 6.07) is 1.02. The van der Waals surface area contributed by atoms with Gasteiger partial charge in [-0.05, 0) is 18.9 Å². The third-order valence-electron chi connectivity index (χ3n) is 7.43. The average Bonchev–Trinajstić information content (AvgIpc) is 3.49. The minimum Gasteiger partial charge on any atom is -0.381 e. The molecule has 0 bridgehead atoms. The molecule has 0 amide bonds. The molecule has 2 saturated heterocycles. The number of fused-ring (bicyclic) bond motifs is 2. The molecule has 0 aliphatic carbocycles. The Morgan fingerprint density at radius 2 is 1.82 bits per heavy atom. The van der Waals surface area contributed by atoms with E-state index < -0.39 is 8.07 Å². The molecule has 13 heteroatoms. The second-order valence-corrected chi connectivity index (χ2v) is 17.0. The van der Waals surface area contributed by atoms with Crippen molar-refractivity contribution in [2.75, 3.05) is 51.0 Å². The van der Waals surface area contributed by atoms with Crippen LogP contribution in [0.15, 0.2) is 29.6 Å². The number of anilines is 1. The second kappa shape index (κ2) is 10.8. The van der Waals surface area contributed by atoms with E-state index in [2.05, 4.69) is 34.6 Å². The topological polar surface area (TPSA) is 114 Å². The number of hydrogen-bond donors (Lipinski definition) is 0. The second-order valence-electron chi connectivity index (χ2n) is 11.4. The Hall–Kier alpha value is -3.13. The van der Waals surface area contributed by atoms with Crippen molar-refractivity contribution in [2.45, 2.75) is 51.3 Å². The largest absolute Gasteiger partial charge is 0.381 e. The van der Waals surface area contributed by atoms with Crippen LogP contribution in [-0.2, 0) is 20.9 Å². The summed E-state index contributed by atoms with van der Waals surface area (Å²) in [5, 5.41) is 4.48. The van der Waals surface area contributed by atoms with Crippen molar-refractivity contribution in [3.63, 3.8) is 0 Å². The maximum Gasteiger partial charge on any atom is 0.332 e. The van der Waals surface area contributed by atoms with Crippen molar-refractivity contribution >= 4 is 30.6 Å². The molecule has 0 atom stereocenters. The fraction of sp³-hybridized carbons (Fsp3) is 0.577. The molecule has 6 rings (SSSR count). The maximum absolute atomic E-state index is 14.1. The Morgan fingerprint density at radius 3 is 2.59 bits per heavy atom. The van der Waals surface area contributed by atoms with Crippen LogP contribution in [0, 0.1) is 0 Å². The summed E-state index contributed by atoms with van der Waals surface area (Å²) in [6.07, 6.45) is 8.51. The van der Waals surface area contributed by atoms with Crippen LogP contribution >= 0.6 is 0 Å². The standard InChI is InChI=1S/C26H36N8O4Si/c1-39(2,3)15-14-38-18-32-22-24(31-8-12-37-13-9-31)29-23(20-16-28-33-7-6-27-17-21(20)33)30-25(22)34(26(32)35)19-4-10-36-11-5-19/h6-7,16-17,19H,4-5,8-15,18H2,1-3H3. The molecule has 6 heterocycles. The van der Waals surface area contributed by atoms with Crippen molar-refractivity contribution in [1.29, 1.82) is 0 Å². The van der Waals surface area contributed by atoms with Gasteiger partial charge in [-0.25, -0.2) is 19.3 Å². The maximum atomic E-state index is 14.1. The summed E-state index contributed by atoms with van der Waals surface area (Å²) >= 11 is 0. The summed E-state index contributed by atoms with van der Waals surface area (Å²) in [6.45, 7) is 11.5. The van der Waals surface area contributed by atoms with Gasteiger partial charge in [0.1, 0.15) is 12.2 Å². The summed E-state index contributed by atoms with van der Waals surface area (Å²) in [5.41, 5.74) is 2.78. The molecular formula is C26H36N8O4Si. The zero-order valence-corrected chi connectivity index (χ0v) is 23.9. The van der Waals surface area contributed by atoms with Crippen LogP contribution in [-0.4, -0.2) is 87.9 Å². The van der Waals surface area contributed by atoms with Gasteiger partial charge >= 0.3 is 5.69 Å². The lowest BCUT2D eigenvalue weighted by Crippen LogP contribution is -2.37. The lowest BCUT2D eigenvalue weighted by molar-refractivity contribution is 0.0669. The molecule has 0 N–H and O–H groups in total.